The first-order valence-corrected chi connectivity index (χ1v) is 7.70. The lowest BCUT2D eigenvalue weighted by Crippen LogP contribution is -2.50. The largest absolute Gasteiger partial charge is 0.334 e. The minimum absolute atomic E-state index is 0.125. The highest BCUT2D eigenvalue weighted by Gasteiger charge is 2.47. The number of hydrogen-bond donors (Lipinski definition) is 0. The fraction of sp³-hybridized carbons (Fsp3) is 0.412. The van der Waals surface area contributed by atoms with E-state index in [0.717, 1.165) is 30.6 Å². The lowest BCUT2D eigenvalue weighted by Gasteiger charge is -2.46. The summed E-state index contributed by atoms with van der Waals surface area (Å²) in [5.41, 5.74) is 3.42. The number of aromatic nitrogens is 1. The van der Waals surface area contributed by atoms with Gasteiger partial charge in [-0.2, -0.15) is 0 Å². The molecule has 106 valence electrons. The Balaban J connectivity index is 1.87. The number of carbonyl (C=O) groups excluding carboxylic acids is 2. The SMILES string of the molecule is O=C1CC[C@@H]2CC(=O)n3c4c(c5ccccc53)CCN1[C@H]42. The third-order valence-corrected chi connectivity index (χ3v) is 5.42. The summed E-state index contributed by atoms with van der Waals surface area (Å²) >= 11 is 0. The first-order valence-electron chi connectivity index (χ1n) is 7.70. The van der Waals surface area contributed by atoms with Gasteiger partial charge in [-0.25, -0.2) is 0 Å². The smallest absolute Gasteiger partial charge is 0.231 e. The normalized spacial score (nSPS) is 27.1. The van der Waals surface area contributed by atoms with E-state index in [2.05, 4.69) is 6.07 Å². The molecule has 2 aromatic rings. The Kier molecular flexibility index (Phi) is 2.06. The number of benzene rings is 1. The number of para-hydroxylation sites is 1. The van der Waals surface area contributed by atoms with Crippen LogP contribution in [0, 0.1) is 5.92 Å². The van der Waals surface area contributed by atoms with Gasteiger partial charge in [0.05, 0.1) is 17.3 Å². The molecule has 0 N–H and O–H groups in total. The first-order chi connectivity index (χ1) is 10.3. The van der Waals surface area contributed by atoms with Crippen molar-refractivity contribution in [3.05, 3.63) is 35.5 Å². The first kappa shape index (κ1) is 11.5. The summed E-state index contributed by atoms with van der Waals surface area (Å²) in [5.74, 6) is 0.768. The monoisotopic (exact) mass is 280 g/mol. The van der Waals surface area contributed by atoms with E-state index in [1.165, 1.54) is 10.9 Å². The summed E-state index contributed by atoms with van der Waals surface area (Å²) in [6.07, 6.45) is 2.89. The van der Waals surface area contributed by atoms with Crippen LogP contribution in [0.3, 0.4) is 0 Å². The van der Waals surface area contributed by atoms with Gasteiger partial charge in [-0.05, 0) is 30.4 Å². The highest BCUT2D eigenvalue weighted by atomic mass is 16.2. The molecular formula is C17H16N2O2. The maximum atomic E-state index is 12.6. The van der Waals surface area contributed by atoms with Crippen LogP contribution in [0.5, 0.6) is 0 Å². The van der Waals surface area contributed by atoms with Crippen molar-refractivity contribution in [1.82, 2.24) is 9.47 Å². The van der Waals surface area contributed by atoms with Crippen molar-refractivity contribution in [3.8, 4) is 0 Å². The van der Waals surface area contributed by atoms with Gasteiger partial charge in [-0.1, -0.05) is 18.2 Å². The molecule has 0 aliphatic carbocycles. The van der Waals surface area contributed by atoms with Crippen LogP contribution in [0.1, 0.15) is 41.4 Å². The number of amides is 1. The van der Waals surface area contributed by atoms with E-state index >= 15 is 0 Å². The van der Waals surface area contributed by atoms with E-state index in [4.69, 9.17) is 0 Å². The second kappa shape index (κ2) is 3.75. The summed E-state index contributed by atoms with van der Waals surface area (Å²) in [7, 11) is 0. The number of rotatable bonds is 0. The van der Waals surface area contributed by atoms with Crippen LogP contribution in [-0.2, 0) is 11.2 Å². The van der Waals surface area contributed by atoms with E-state index in [0.29, 0.717) is 18.8 Å². The summed E-state index contributed by atoms with van der Waals surface area (Å²) in [6.45, 7) is 0.801. The van der Waals surface area contributed by atoms with Crippen LogP contribution < -0.4 is 0 Å². The van der Waals surface area contributed by atoms with Gasteiger partial charge in [0, 0.05) is 24.8 Å². The fourth-order valence-corrected chi connectivity index (χ4v) is 4.58. The third-order valence-electron chi connectivity index (χ3n) is 5.42. The minimum Gasteiger partial charge on any atom is -0.334 e. The van der Waals surface area contributed by atoms with Gasteiger partial charge in [-0.15, -0.1) is 0 Å². The Morgan fingerprint density at radius 1 is 1.05 bits per heavy atom. The van der Waals surface area contributed by atoms with E-state index in [1.807, 2.05) is 27.7 Å². The fourth-order valence-electron chi connectivity index (χ4n) is 4.58. The lowest BCUT2D eigenvalue weighted by molar-refractivity contribution is -0.140. The Bertz CT molecular complexity index is 804. The maximum Gasteiger partial charge on any atom is 0.231 e. The van der Waals surface area contributed by atoms with E-state index in [1.54, 1.807) is 0 Å². The molecule has 1 saturated heterocycles. The maximum absolute atomic E-state index is 12.6. The molecule has 4 heteroatoms. The molecule has 1 aromatic heterocycles. The van der Waals surface area contributed by atoms with Crippen LogP contribution in [0.4, 0.5) is 0 Å². The molecule has 0 radical (unpaired) electrons. The van der Waals surface area contributed by atoms with Crippen molar-refractivity contribution in [2.24, 2.45) is 5.92 Å². The molecule has 2 atom stereocenters. The molecule has 3 aliphatic rings. The molecule has 0 saturated carbocycles. The average Bonchev–Trinajstić information content (AvgIpc) is 2.85. The van der Waals surface area contributed by atoms with Crippen LogP contribution in [0.25, 0.3) is 10.9 Å². The van der Waals surface area contributed by atoms with E-state index in [9.17, 15) is 9.59 Å². The molecular weight excluding hydrogens is 264 g/mol. The van der Waals surface area contributed by atoms with Gasteiger partial charge in [0.1, 0.15) is 0 Å². The number of hydrogen-bond acceptors (Lipinski definition) is 2. The Morgan fingerprint density at radius 3 is 2.81 bits per heavy atom. The number of nitrogens with zero attached hydrogens (tertiary/aromatic N) is 2. The van der Waals surface area contributed by atoms with Gasteiger partial charge in [0.25, 0.3) is 0 Å². The molecule has 5 rings (SSSR count). The molecule has 4 heterocycles. The zero-order chi connectivity index (χ0) is 14.1. The molecule has 0 bridgehead atoms. The van der Waals surface area contributed by atoms with Crippen molar-refractivity contribution in [2.75, 3.05) is 6.54 Å². The summed E-state index contributed by atoms with van der Waals surface area (Å²) in [5, 5.41) is 1.19. The molecule has 3 aliphatic heterocycles. The molecule has 4 nitrogen and oxygen atoms in total. The Morgan fingerprint density at radius 2 is 1.90 bits per heavy atom. The Hall–Kier alpha value is -2.10. The summed E-state index contributed by atoms with van der Waals surface area (Å²) < 4.78 is 1.90. The second-order valence-corrected chi connectivity index (χ2v) is 6.39. The molecule has 1 amide bonds. The standard InChI is InChI=1S/C17H16N2O2/c20-14-6-5-10-9-15(21)19-13-4-2-1-3-11(13)12-7-8-18(14)16(10)17(12)19/h1-4,10,16H,5-9H2/t10-,16+/m1/s1. The predicted octanol–water partition coefficient (Wildman–Crippen LogP) is 2.52. The number of carbonyl (C=O) groups is 2. The lowest BCUT2D eigenvalue weighted by atomic mass is 9.78. The minimum atomic E-state index is 0.125. The molecule has 0 spiro atoms. The van der Waals surface area contributed by atoms with E-state index in [-0.39, 0.29) is 17.9 Å². The molecule has 1 aromatic carbocycles. The second-order valence-electron chi connectivity index (χ2n) is 6.39. The highest BCUT2D eigenvalue weighted by Crippen LogP contribution is 2.48. The van der Waals surface area contributed by atoms with Crippen molar-refractivity contribution in [1.29, 1.82) is 0 Å². The zero-order valence-corrected chi connectivity index (χ0v) is 11.7. The average molecular weight is 280 g/mol. The van der Waals surface area contributed by atoms with Crippen molar-refractivity contribution >= 4 is 22.7 Å². The van der Waals surface area contributed by atoms with E-state index < -0.39 is 0 Å². The van der Waals surface area contributed by atoms with Crippen LogP contribution in [0.15, 0.2) is 24.3 Å². The number of piperidine rings is 1. The molecule has 21 heavy (non-hydrogen) atoms. The van der Waals surface area contributed by atoms with Crippen LogP contribution in [-0.4, -0.2) is 27.8 Å². The van der Waals surface area contributed by atoms with Gasteiger partial charge in [0.2, 0.25) is 11.8 Å². The summed E-state index contributed by atoms with van der Waals surface area (Å²) in [4.78, 5) is 26.9. The van der Waals surface area contributed by atoms with Crippen LogP contribution >= 0.6 is 0 Å². The van der Waals surface area contributed by atoms with Crippen molar-refractivity contribution in [3.63, 3.8) is 0 Å². The molecule has 0 unspecified atom stereocenters. The zero-order valence-electron chi connectivity index (χ0n) is 11.7. The van der Waals surface area contributed by atoms with Gasteiger partial charge in [-0.3, -0.25) is 14.2 Å². The van der Waals surface area contributed by atoms with Crippen LogP contribution in [0.2, 0.25) is 0 Å². The number of fused-ring (bicyclic) bond motifs is 3. The molecule has 1 fully saturated rings. The highest BCUT2D eigenvalue weighted by molar-refractivity contribution is 5.98. The predicted molar refractivity (Wildman–Crippen MR) is 78.1 cm³/mol. The van der Waals surface area contributed by atoms with Gasteiger partial charge >= 0.3 is 0 Å². The topological polar surface area (TPSA) is 42.3 Å². The van der Waals surface area contributed by atoms with Crippen molar-refractivity contribution in [2.45, 2.75) is 31.7 Å². The summed E-state index contributed by atoms with van der Waals surface area (Å²) in [6, 6.07) is 8.28. The Labute approximate surface area is 122 Å². The third kappa shape index (κ3) is 1.30. The van der Waals surface area contributed by atoms with Gasteiger partial charge < -0.3 is 4.90 Å². The van der Waals surface area contributed by atoms with Crippen molar-refractivity contribution < 1.29 is 9.59 Å². The van der Waals surface area contributed by atoms with Gasteiger partial charge in [0.15, 0.2) is 0 Å². The quantitative estimate of drug-likeness (QED) is 0.744.